The molecule has 0 saturated heterocycles. The first-order valence-corrected chi connectivity index (χ1v) is 8.27. The number of thiophene rings is 2. The van der Waals surface area contributed by atoms with Crippen LogP contribution in [0.25, 0.3) is 10.6 Å². The fraction of sp³-hybridized carbons (Fsp3) is 0.0769. The molecule has 0 aliphatic heterocycles. The van der Waals surface area contributed by atoms with Crippen LogP contribution in [0.15, 0.2) is 40.4 Å². The summed E-state index contributed by atoms with van der Waals surface area (Å²) >= 11 is 4.65. The van der Waals surface area contributed by atoms with Crippen LogP contribution in [0.4, 0.5) is 5.13 Å². The minimum absolute atomic E-state index is 0.0999. The lowest BCUT2D eigenvalue weighted by molar-refractivity contribution is 0.101. The van der Waals surface area contributed by atoms with E-state index in [0.29, 0.717) is 0 Å². The summed E-state index contributed by atoms with van der Waals surface area (Å²) in [6.07, 6.45) is 0. The van der Waals surface area contributed by atoms with Gasteiger partial charge in [0.15, 0.2) is 10.9 Å². The van der Waals surface area contributed by atoms with Crippen LogP contribution in [-0.4, -0.2) is 17.3 Å². The standard InChI is InChI=1S/C13H10N2OS3/c16-10(12-4-2-6-18-12)7-14-13-15-9(8-19-13)11-3-1-5-17-11/h1-6,8H,7H2,(H,14,15). The van der Waals surface area contributed by atoms with E-state index in [2.05, 4.69) is 10.3 Å². The summed E-state index contributed by atoms with van der Waals surface area (Å²) in [6.45, 7) is 0.290. The lowest BCUT2D eigenvalue weighted by atomic mass is 10.3. The molecule has 19 heavy (non-hydrogen) atoms. The molecule has 0 spiro atoms. The Hall–Kier alpha value is -1.50. The van der Waals surface area contributed by atoms with Crippen LogP contribution in [0.2, 0.25) is 0 Å². The van der Waals surface area contributed by atoms with Crippen LogP contribution >= 0.6 is 34.0 Å². The molecule has 0 aromatic carbocycles. The number of carbonyl (C=O) groups excluding carboxylic acids is 1. The fourth-order valence-electron chi connectivity index (χ4n) is 1.57. The second-order valence-electron chi connectivity index (χ2n) is 3.77. The number of Topliss-reactive ketones (excluding diaryl/α,β-unsaturated/α-hetero) is 1. The van der Waals surface area contributed by atoms with Crippen molar-refractivity contribution in [2.75, 3.05) is 11.9 Å². The molecule has 0 bridgehead atoms. The maximum Gasteiger partial charge on any atom is 0.191 e. The Bertz CT molecular complexity index is 656. The second kappa shape index (κ2) is 5.64. The van der Waals surface area contributed by atoms with Gasteiger partial charge in [-0.1, -0.05) is 12.1 Å². The first-order chi connectivity index (χ1) is 9.33. The minimum atomic E-state index is 0.0999. The van der Waals surface area contributed by atoms with Gasteiger partial charge in [0.05, 0.1) is 22.0 Å². The van der Waals surface area contributed by atoms with Gasteiger partial charge in [0.25, 0.3) is 0 Å². The summed E-state index contributed by atoms with van der Waals surface area (Å²) < 4.78 is 0. The topological polar surface area (TPSA) is 42.0 Å². The molecular weight excluding hydrogens is 296 g/mol. The number of hydrogen-bond donors (Lipinski definition) is 1. The Labute approximate surface area is 122 Å². The normalized spacial score (nSPS) is 10.5. The van der Waals surface area contributed by atoms with E-state index in [4.69, 9.17) is 0 Å². The van der Waals surface area contributed by atoms with Gasteiger partial charge < -0.3 is 5.32 Å². The SMILES string of the molecule is O=C(CNc1nc(-c2cccs2)cs1)c1cccs1. The van der Waals surface area contributed by atoms with Crippen molar-refractivity contribution in [3.8, 4) is 10.6 Å². The fourth-order valence-corrected chi connectivity index (χ4v) is 3.71. The van der Waals surface area contributed by atoms with Gasteiger partial charge in [-0.15, -0.1) is 34.0 Å². The van der Waals surface area contributed by atoms with E-state index in [1.165, 1.54) is 22.7 Å². The third-order valence-electron chi connectivity index (χ3n) is 2.47. The number of anilines is 1. The number of ketones is 1. The lowest BCUT2D eigenvalue weighted by Gasteiger charge is -1.99. The molecule has 0 radical (unpaired) electrons. The zero-order chi connectivity index (χ0) is 13.1. The average Bonchev–Trinajstić information content (AvgIpc) is 3.14. The molecule has 0 aliphatic rings. The summed E-state index contributed by atoms with van der Waals surface area (Å²) in [6, 6.07) is 7.77. The highest BCUT2D eigenvalue weighted by atomic mass is 32.1. The van der Waals surface area contributed by atoms with E-state index >= 15 is 0 Å². The first kappa shape index (κ1) is 12.5. The number of aromatic nitrogens is 1. The van der Waals surface area contributed by atoms with Gasteiger partial charge in [-0.3, -0.25) is 4.79 Å². The van der Waals surface area contributed by atoms with Gasteiger partial charge in [0.2, 0.25) is 0 Å². The predicted molar refractivity (Wildman–Crippen MR) is 82.6 cm³/mol. The lowest BCUT2D eigenvalue weighted by Crippen LogP contribution is -2.12. The van der Waals surface area contributed by atoms with Crippen molar-refractivity contribution in [1.29, 1.82) is 0 Å². The van der Waals surface area contributed by atoms with Crippen molar-refractivity contribution in [3.05, 3.63) is 45.3 Å². The van der Waals surface area contributed by atoms with E-state index in [1.807, 2.05) is 40.4 Å². The zero-order valence-corrected chi connectivity index (χ0v) is 12.3. The van der Waals surface area contributed by atoms with E-state index < -0.39 is 0 Å². The second-order valence-corrected chi connectivity index (χ2v) is 6.52. The molecule has 3 heterocycles. The van der Waals surface area contributed by atoms with Crippen molar-refractivity contribution < 1.29 is 4.79 Å². The van der Waals surface area contributed by atoms with Gasteiger partial charge in [-0.05, 0) is 22.9 Å². The van der Waals surface area contributed by atoms with Crippen LogP contribution in [-0.2, 0) is 0 Å². The molecule has 96 valence electrons. The van der Waals surface area contributed by atoms with E-state index in [0.717, 1.165) is 20.6 Å². The van der Waals surface area contributed by atoms with Gasteiger partial charge >= 0.3 is 0 Å². The van der Waals surface area contributed by atoms with Gasteiger partial charge in [-0.2, -0.15) is 0 Å². The van der Waals surface area contributed by atoms with E-state index in [1.54, 1.807) is 11.3 Å². The number of thiazole rings is 1. The summed E-state index contributed by atoms with van der Waals surface area (Å²) in [5, 5.41) is 9.81. The Balaban J connectivity index is 1.63. The maximum atomic E-state index is 11.8. The number of rotatable bonds is 5. The maximum absolute atomic E-state index is 11.8. The molecular formula is C13H10N2OS3. The molecule has 0 atom stereocenters. The number of carbonyl (C=O) groups is 1. The summed E-state index contributed by atoms with van der Waals surface area (Å²) in [7, 11) is 0. The molecule has 3 aromatic heterocycles. The molecule has 3 aromatic rings. The van der Waals surface area contributed by atoms with E-state index in [9.17, 15) is 4.79 Å². The molecule has 0 aliphatic carbocycles. The third-order valence-corrected chi connectivity index (χ3v) is 5.08. The highest BCUT2D eigenvalue weighted by Crippen LogP contribution is 2.28. The van der Waals surface area contributed by atoms with Crippen molar-refractivity contribution in [2.45, 2.75) is 0 Å². The Morgan fingerprint density at radius 3 is 2.74 bits per heavy atom. The van der Waals surface area contributed by atoms with Gasteiger partial charge in [0.1, 0.15) is 0 Å². The van der Waals surface area contributed by atoms with E-state index in [-0.39, 0.29) is 12.3 Å². The molecule has 6 heteroatoms. The monoisotopic (exact) mass is 306 g/mol. The quantitative estimate of drug-likeness (QED) is 0.717. The Morgan fingerprint density at radius 1 is 1.16 bits per heavy atom. The van der Waals surface area contributed by atoms with Gasteiger partial charge in [0, 0.05) is 5.38 Å². The molecule has 0 fully saturated rings. The molecule has 3 rings (SSSR count). The number of nitrogens with zero attached hydrogens (tertiary/aromatic N) is 1. The zero-order valence-electron chi connectivity index (χ0n) is 9.83. The van der Waals surface area contributed by atoms with Crippen LogP contribution in [0, 0.1) is 0 Å². The molecule has 0 amide bonds. The molecule has 0 unspecified atom stereocenters. The first-order valence-electron chi connectivity index (χ1n) is 5.63. The minimum Gasteiger partial charge on any atom is -0.354 e. The Kier molecular flexibility index (Phi) is 3.72. The predicted octanol–water partition coefficient (Wildman–Crippen LogP) is 4.23. The van der Waals surface area contributed by atoms with Crippen LogP contribution < -0.4 is 5.32 Å². The summed E-state index contributed by atoms with van der Waals surface area (Å²) in [5.74, 6) is 0.0999. The van der Waals surface area contributed by atoms with Crippen LogP contribution in [0.5, 0.6) is 0 Å². The number of hydrogen-bond acceptors (Lipinski definition) is 6. The average molecular weight is 306 g/mol. The number of nitrogens with one attached hydrogen (secondary N) is 1. The van der Waals surface area contributed by atoms with Crippen molar-refractivity contribution in [3.63, 3.8) is 0 Å². The smallest absolute Gasteiger partial charge is 0.191 e. The highest BCUT2D eigenvalue weighted by Gasteiger charge is 2.09. The van der Waals surface area contributed by atoms with Gasteiger partial charge in [-0.25, -0.2) is 4.98 Å². The molecule has 3 nitrogen and oxygen atoms in total. The van der Waals surface area contributed by atoms with Crippen LogP contribution in [0.1, 0.15) is 9.67 Å². The Morgan fingerprint density at radius 2 is 2.00 bits per heavy atom. The molecule has 0 saturated carbocycles. The van der Waals surface area contributed by atoms with Crippen LogP contribution in [0.3, 0.4) is 0 Å². The van der Waals surface area contributed by atoms with Crippen molar-refractivity contribution >= 4 is 44.9 Å². The third kappa shape index (κ3) is 2.91. The highest BCUT2D eigenvalue weighted by molar-refractivity contribution is 7.16. The van der Waals surface area contributed by atoms with Crippen molar-refractivity contribution in [2.24, 2.45) is 0 Å². The largest absolute Gasteiger partial charge is 0.354 e. The summed E-state index contributed by atoms with van der Waals surface area (Å²) in [4.78, 5) is 18.2. The summed E-state index contributed by atoms with van der Waals surface area (Å²) in [5.41, 5.74) is 0.964. The molecule has 1 N–H and O–H groups in total. The van der Waals surface area contributed by atoms with Crippen molar-refractivity contribution in [1.82, 2.24) is 4.98 Å².